The summed E-state index contributed by atoms with van der Waals surface area (Å²) in [5, 5.41) is 4.56. The van der Waals surface area contributed by atoms with Crippen molar-refractivity contribution in [3.8, 4) is 0 Å². The van der Waals surface area contributed by atoms with Crippen LogP contribution in [-0.2, 0) is 0 Å². The summed E-state index contributed by atoms with van der Waals surface area (Å²) in [4.78, 5) is 12.0. The summed E-state index contributed by atoms with van der Waals surface area (Å²) >= 11 is 17.5. The zero-order valence-electron chi connectivity index (χ0n) is 9.79. The van der Waals surface area contributed by atoms with Gasteiger partial charge in [-0.05, 0) is 42.5 Å². The highest BCUT2D eigenvalue weighted by molar-refractivity contribution is 6.35. The van der Waals surface area contributed by atoms with E-state index in [1.807, 2.05) is 0 Å². The second-order valence-electron chi connectivity index (χ2n) is 3.94. The van der Waals surface area contributed by atoms with Crippen LogP contribution in [0.15, 0.2) is 42.5 Å². The highest BCUT2D eigenvalue weighted by atomic mass is 35.5. The topological polar surface area (TPSA) is 29.1 Å². The van der Waals surface area contributed by atoms with Crippen LogP contribution >= 0.6 is 34.8 Å². The summed E-state index contributed by atoms with van der Waals surface area (Å²) in [6, 6.07) is 11.9. The Morgan fingerprint density at radius 1 is 0.895 bits per heavy atom. The predicted octanol–water partition coefficient (Wildman–Crippen LogP) is 4.94. The van der Waals surface area contributed by atoms with E-state index in [1.165, 1.54) is 0 Å². The maximum Gasteiger partial charge on any atom is 0.181 e. The Kier molecular flexibility index (Phi) is 4.70. The van der Waals surface area contributed by atoms with E-state index in [1.54, 1.807) is 42.5 Å². The van der Waals surface area contributed by atoms with Crippen LogP contribution < -0.4 is 5.32 Å². The standard InChI is InChI=1S/C14H10Cl3NO/c15-10-1-3-13(4-2-10)18-8-14(19)9-5-11(16)7-12(17)6-9/h1-7,18H,8H2. The van der Waals surface area contributed by atoms with Crippen molar-refractivity contribution in [3.05, 3.63) is 63.1 Å². The fourth-order valence-corrected chi connectivity index (χ4v) is 2.22. The Bertz CT molecular complexity index is 576. The molecule has 2 aromatic rings. The van der Waals surface area contributed by atoms with Gasteiger partial charge in [0.2, 0.25) is 0 Å². The van der Waals surface area contributed by atoms with Gasteiger partial charge in [-0.1, -0.05) is 34.8 Å². The molecule has 0 saturated heterocycles. The van der Waals surface area contributed by atoms with Gasteiger partial charge in [-0.2, -0.15) is 0 Å². The smallest absolute Gasteiger partial charge is 0.181 e. The van der Waals surface area contributed by atoms with Crippen LogP contribution in [0.25, 0.3) is 0 Å². The molecule has 0 aromatic heterocycles. The van der Waals surface area contributed by atoms with Gasteiger partial charge in [0.05, 0.1) is 6.54 Å². The molecule has 0 heterocycles. The lowest BCUT2D eigenvalue weighted by atomic mass is 10.1. The highest BCUT2D eigenvalue weighted by Gasteiger charge is 2.07. The number of carbonyl (C=O) groups is 1. The van der Waals surface area contributed by atoms with E-state index < -0.39 is 0 Å². The maximum absolute atomic E-state index is 12.0. The molecule has 1 N–H and O–H groups in total. The van der Waals surface area contributed by atoms with E-state index >= 15 is 0 Å². The molecule has 0 radical (unpaired) electrons. The second-order valence-corrected chi connectivity index (χ2v) is 5.25. The summed E-state index contributed by atoms with van der Waals surface area (Å²) in [7, 11) is 0. The Balaban J connectivity index is 2.03. The predicted molar refractivity (Wildman–Crippen MR) is 80.7 cm³/mol. The van der Waals surface area contributed by atoms with Gasteiger partial charge in [-0.25, -0.2) is 0 Å². The largest absolute Gasteiger partial charge is 0.378 e. The normalized spacial score (nSPS) is 10.3. The van der Waals surface area contributed by atoms with Gasteiger partial charge < -0.3 is 5.32 Å². The molecule has 0 aliphatic heterocycles. The van der Waals surface area contributed by atoms with Gasteiger partial charge >= 0.3 is 0 Å². The van der Waals surface area contributed by atoms with Crippen molar-refractivity contribution in [2.24, 2.45) is 0 Å². The van der Waals surface area contributed by atoms with Gasteiger partial charge in [0.15, 0.2) is 5.78 Å². The van der Waals surface area contributed by atoms with Crippen LogP contribution in [0.1, 0.15) is 10.4 Å². The van der Waals surface area contributed by atoms with E-state index in [2.05, 4.69) is 5.32 Å². The molecular weight excluding hydrogens is 305 g/mol. The first-order chi connectivity index (χ1) is 9.04. The fraction of sp³-hybridized carbons (Fsp3) is 0.0714. The van der Waals surface area contributed by atoms with Crippen molar-refractivity contribution >= 4 is 46.3 Å². The molecular formula is C14H10Cl3NO. The lowest BCUT2D eigenvalue weighted by molar-refractivity contribution is 0.101. The minimum absolute atomic E-state index is 0.0839. The number of halogens is 3. The molecule has 0 spiro atoms. The summed E-state index contributed by atoms with van der Waals surface area (Å²) < 4.78 is 0. The summed E-state index contributed by atoms with van der Waals surface area (Å²) in [5.74, 6) is -0.0839. The van der Waals surface area contributed by atoms with Gasteiger partial charge in [0, 0.05) is 26.3 Å². The number of ketones is 1. The first-order valence-electron chi connectivity index (χ1n) is 5.53. The van der Waals surface area contributed by atoms with Crippen LogP contribution in [0.2, 0.25) is 15.1 Å². The lowest BCUT2D eigenvalue weighted by Crippen LogP contribution is -2.13. The third kappa shape index (κ3) is 4.13. The second kappa shape index (κ2) is 6.29. The molecule has 2 rings (SSSR count). The van der Waals surface area contributed by atoms with Gasteiger partial charge in [-0.15, -0.1) is 0 Å². The molecule has 0 saturated carbocycles. The van der Waals surface area contributed by atoms with Crippen molar-refractivity contribution in [1.82, 2.24) is 0 Å². The molecule has 0 bridgehead atoms. The lowest BCUT2D eigenvalue weighted by Gasteiger charge is -2.06. The molecule has 0 aliphatic carbocycles. The van der Waals surface area contributed by atoms with Crippen LogP contribution in [0.5, 0.6) is 0 Å². The molecule has 0 fully saturated rings. The molecule has 5 heteroatoms. The summed E-state index contributed by atoms with van der Waals surface area (Å²) in [6.45, 7) is 0.165. The first kappa shape index (κ1) is 14.2. The molecule has 0 amide bonds. The molecule has 0 unspecified atom stereocenters. The summed E-state index contributed by atoms with van der Waals surface area (Å²) in [5.41, 5.74) is 1.31. The van der Waals surface area contributed by atoms with E-state index in [4.69, 9.17) is 34.8 Å². The SMILES string of the molecule is O=C(CNc1ccc(Cl)cc1)c1cc(Cl)cc(Cl)c1. The maximum atomic E-state index is 12.0. The van der Waals surface area contributed by atoms with Gasteiger partial charge in [0.25, 0.3) is 0 Å². The third-order valence-corrected chi connectivity index (χ3v) is 3.17. The number of anilines is 1. The number of hydrogen-bond donors (Lipinski definition) is 1. The Morgan fingerprint density at radius 2 is 1.47 bits per heavy atom. The fourth-order valence-electron chi connectivity index (χ4n) is 1.57. The Morgan fingerprint density at radius 3 is 2.05 bits per heavy atom. The van der Waals surface area contributed by atoms with E-state index in [0.29, 0.717) is 20.6 Å². The molecule has 2 nitrogen and oxygen atoms in total. The van der Waals surface area contributed by atoms with Gasteiger partial charge in [-0.3, -0.25) is 4.79 Å². The van der Waals surface area contributed by atoms with Crippen LogP contribution in [0.4, 0.5) is 5.69 Å². The average Bonchev–Trinajstić information content (AvgIpc) is 2.36. The number of carbonyl (C=O) groups excluding carboxylic acids is 1. The number of hydrogen-bond acceptors (Lipinski definition) is 2. The molecule has 98 valence electrons. The Labute approximate surface area is 126 Å². The van der Waals surface area contributed by atoms with E-state index in [-0.39, 0.29) is 12.3 Å². The number of benzene rings is 2. The van der Waals surface area contributed by atoms with Crippen molar-refractivity contribution < 1.29 is 4.79 Å². The van der Waals surface area contributed by atoms with Crippen molar-refractivity contribution in [1.29, 1.82) is 0 Å². The quantitative estimate of drug-likeness (QED) is 0.810. The monoisotopic (exact) mass is 313 g/mol. The highest BCUT2D eigenvalue weighted by Crippen LogP contribution is 2.19. The van der Waals surface area contributed by atoms with Crippen molar-refractivity contribution in [2.45, 2.75) is 0 Å². The number of Topliss-reactive ketones (excluding diaryl/α,β-unsaturated/α-hetero) is 1. The zero-order valence-corrected chi connectivity index (χ0v) is 12.1. The number of nitrogens with one attached hydrogen (secondary N) is 1. The molecule has 0 aliphatic rings. The van der Waals surface area contributed by atoms with Crippen LogP contribution in [0.3, 0.4) is 0 Å². The Hall–Kier alpha value is -1.22. The van der Waals surface area contributed by atoms with Crippen LogP contribution in [0, 0.1) is 0 Å². The zero-order chi connectivity index (χ0) is 13.8. The molecule has 19 heavy (non-hydrogen) atoms. The average molecular weight is 315 g/mol. The van der Waals surface area contributed by atoms with Crippen LogP contribution in [-0.4, -0.2) is 12.3 Å². The van der Waals surface area contributed by atoms with Gasteiger partial charge in [0.1, 0.15) is 0 Å². The van der Waals surface area contributed by atoms with Crippen molar-refractivity contribution in [2.75, 3.05) is 11.9 Å². The minimum atomic E-state index is -0.0839. The van der Waals surface area contributed by atoms with E-state index in [9.17, 15) is 4.79 Å². The molecule has 0 atom stereocenters. The van der Waals surface area contributed by atoms with E-state index in [0.717, 1.165) is 5.69 Å². The van der Waals surface area contributed by atoms with Crippen molar-refractivity contribution in [3.63, 3.8) is 0 Å². The number of rotatable bonds is 4. The minimum Gasteiger partial charge on any atom is -0.378 e. The first-order valence-corrected chi connectivity index (χ1v) is 6.67. The summed E-state index contributed by atoms with van der Waals surface area (Å²) in [6.07, 6.45) is 0. The third-order valence-electron chi connectivity index (χ3n) is 2.48. The molecule has 2 aromatic carbocycles.